The van der Waals surface area contributed by atoms with Crippen molar-refractivity contribution in [2.75, 3.05) is 0 Å². The summed E-state index contributed by atoms with van der Waals surface area (Å²) in [5.74, 6) is -0.349. The normalized spacial score (nSPS) is 10.5. The van der Waals surface area contributed by atoms with Crippen LogP contribution in [-0.2, 0) is 6.54 Å². The number of hydrogen-bond donors (Lipinski definition) is 0. The summed E-state index contributed by atoms with van der Waals surface area (Å²) in [6, 6.07) is 6.65. The Bertz CT molecular complexity index is 566. The summed E-state index contributed by atoms with van der Waals surface area (Å²) in [6.07, 6.45) is 0. The lowest BCUT2D eigenvalue weighted by molar-refractivity contribution is 0.626. The van der Waals surface area contributed by atoms with E-state index in [1.807, 2.05) is 13.0 Å². The standard InChI is InChI=1S/C11H8ClFN2/c1-2-15-10-7(4-3-5-9(10)13)8(6-14)11(15)12/h3-5H,2H2,1H3. The van der Waals surface area contributed by atoms with Gasteiger partial charge in [0.1, 0.15) is 17.0 Å². The van der Waals surface area contributed by atoms with E-state index in [1.165, 1.54) is 6.07 Å². The molecule has 0 amide bonds. The van der Waals surface area contributed by atoms with Gasteiger partial charge in [-0.25, -0.2) is 4.39 Å². The van der Waals surface area contributed by atoms with Crippen molar-refractivity contribution in [1.82, 2.24) is 4.57 Å². The van der Waals surface area contributed by atoms with Crippen LogP contribution in [0.15, 0.2) is 18.2 Å². The quantitative estimate of drug-likeness (QED) is 0.728. The van der Waals surface area contributed by atoms with Gasteiger partial charge in [0.05, 0.1) is 11.1 Å². The van der Waals surface area contributed by atoms with E-state index in [9.17, 15) is 4.39 Å². The number of aromatic nitrogens is 1. The summed E-state index contributed by atoms with van der Waals surface area (Å²) < 4.78 is 15.2. The highest BCUT2D eigenvalue weighted by molar-refractivity contribution is 6.32. The Morgan fingerprint density at radius 3 is 2.87 bits per heavy atom. The van der Waals surface area contributed by atoms with Crippen LogP contribution in [0.25, 0.3) is 10.9 Å². The molecule has 1 aromatic carbocycles. The van der Waals surface area contributed by atoms with Crippen molar-refractivity contribution in [2.45, 2.75) is 13.5 Å². The average molecular weight is 223 g/mol. The molecule has 15 heavy (non-hydrogen) atoms. The molecule has 0 unspecified atom stereocenters. The summed E-state index contributed by atoms with van der Waals surface area (Å²) in [6.45, 7) is 2.40. The van der Waals surface area contributed by atoms with Gasteiger partial charge in [0.2, 0.25) is 0 Å². The van der Waals surface area contributed by atoms with Gasteiger partial charge in [0, 0.05) is 11.9 Å². The maximum absolute atomic E-state index is 13.6. The van der Waals surface area contributed by atoms with Crippen molar-refractivity contribution in [3.8, 4) is 6.07 Å². The van der Waals surface area contributed by atoms with Crippen LogP contribution in [-0.4, -0.2) is 4.57 Å². The number of benzene rings is 1. The number of halogens is 2. The lowest BCUT2D eigenvalue weighted by Crippen LogP contribution is -1.95. The minimum absolute atomic E-state index is 0.306. The first-order valence-electron chi connectivity index (χ1n) is 4.57. The Labute approximate surface area is 91.5 Å². The first-order chi connectivity index (χ1) is 7.20. The van der Waals surface area contributed by atoms with E-state index in [4.69, 9.17) is 16.9 Å². The van der Waals surface area contributed by atoms with E-state index < -0.39 is 0 Å². The third-order valence-corrected chi connectivity index (χ3v) is 2.79. The highest BCUT2D eigenvalue weighted by Gasteiger charge is 2.16. The predicted molar refractivity (Wildman–Crippen MR) is 57.3 cm³/mol. The van der Waals surface area contributed by atoms with Gasteiger partial charge in [-0.3, -0.25) is 0 Å². The van der Waals surface area contributed by atoms with Crippen molar-refractivity contribution in [2.24, 2.45) is 0 Å². The second-order valence-electron chi connectivity index (χ2n) is 3.16. The van der Waals surface area contributed by atoms with Crippen LogP contribution in [0.2, 0.25) is 5.15 Å². The number of para-hydroxylation sites is 1. The smallest absolute Gasteiger partial charge is 0.147 e. The lowest BCUT2D eigenvalue weighted by Gasteiger charge is -2.02. The van der Waals surface area contributed by atoms with Gasteiger partial charge in [-0.05, 0) is 13.0 Å². The summed E-state index contributed by atoms with van der Waals surface area (Å²) >= 11 is 6.00. The van der Waals surface area contributed by atoms with Crippen molar-refractivity contribution in [3.63, 3.8) is 0 Å². The molecule has 1 heterocycles. The monoisotopic (exact) mass is 222 g/mol. The third kappa shape index (κ3) is 1.30. The fourth-order valence-corrected chi connectivity index (χ4v) is 2.09. The molecule has 0 atom stereocenters. The Kier molecular flexibility index (Phi) is 2.37. The van der Waals surface area contributed by atoms with Gasteiger partial charge in [-0.1, -0.05) is 23.7 Å². The molecule has 2 rings (SSSR count). The maximum Gasteiger partial charge on any atom is 0.147 e. The molecule has 76 valence electrons. The van der Waals surface area contributed by atoms with Gasteiger partial charge in [0.15, 0.2) is 0 Å². The first kappa shape index (κ1) is 10.0. The van der Waals surface area contributed by atoms with Gasteiger partial charge in [-0.15, -0.1) is 0 Å². The molecule has 0 radical (unpaired) electrons. The molecule has 4 heteroatoms. The molecule has 2 nitrogen and oxygen atoms in total. The van der Waals surface area contributed by atoms with Crippen molar-refractivity contribution >= 4 is 22.5 Å². The predicted octanol–water partition coefficient (Wildman–Crippen LogP) is 3.33. The molecule has 2 aromatic rings. The molecule has 0 fully saturated rings. The van der Waals surface area contributed by atoms with E-state index in [2.05, 4.69) is 0 Å². The van der Waals surface area contributed by atoms with Gasteiger partial charge < -0.3 is 4.57 Å². The molecule has 0 aliphatic heterocycles. The minimum atomic E-state index is -0.349. The van der Waals surface area contributed by atoms with Crippen LogP contribution in [0.4, 0.5) is 4.39 Å². The highest BCUT2D eigenvalue weighted by Crippen LogP contribution is 2.30. The molecule has 0 spiro atoms. The zero-order valence-corrected chi connectivity index (χ0v) is 8.85. The highest BCUT2D eigenvalue weighted by atomic mass is 35.5. The lowest BCUT2D eigenvalue weighted by atomic mass is 10.2. The van der Waals surface area contributed by atoms with E-state index >= 15 is 0 Å². The summed E-state index contributed by atoms with van der Waals surface area (Å²) in [7, 11) is 0. The Morgan fingerprint density at radius 1 is 1.53 bits per heavy atom. The van der Waals surface area contributed by atoms with E-state index in [-0.39, 0.29) is 5.82 Å². The van der Waals surface area contributed by atoms with Crippen LogP contribution >= 0.6 is 11.6 Å². The zero-order chi connectivity index (χ0) is 11.0. The van der Waals surface area contributed by atoms with Crippen molar-refractivity contribution < 1.29 is 4.39 Å². The summed E-state index contributed by atoms with van der Waals surface area (Å²) in [5, 5.41) is 9.83. The number of aryl methyl sites for hydroxylation is 1. The second kappa shape index (κ2) is 3.56. The second-order valence-corrected chi connectivity index (χ2v) is 3.52. The van der Waals surface area contributed by atoms with E-state index in [0.717, 1.165) is 0 Å². The number of nitriles is 1. The molecule has 0 bridgehead atoms. The molecule has 0 aliphatic rings. The number of hydrogen-bond acceptors (Lipinski definition) is 1. The number of fused-ring (bicyclic) bond motifs is 1. The molecular formula is C11H8ClFN2. The third-order valence-electron chi connectivity index (χ3n) is 2.40. The number of nitrogens with zero attached hydrogens (tertiary/aromatic N) is 2. The van der Waals surface area contributed by atoms with Crippen LogP contribution < -0.4 is 0 Å². The van der Waals surface area contributed by atoms with Gasteiger partial charge >= 0.3 is 0 Å². The molecule has 0 saturated carbocycles. The molecule has 1 aromatic heterocycles. The minimum Gasteiger partial charge on any atom is -0.328 e. The largest absolute Gasteiger partial charge is 0.328 e. The van der Waals surface area contributed by atoms with E-state index in [1.54, 1.807) is 16.7 Å². The van der Waals surface area contributed by atoms with Crippen molar-refractivity contribution in [1.29, 1.82) is 5.26 Å². The SMILES string of the molecule is CCn1c(Cl)c(C#N)c2cccc(F)c21. The molecule has 0 N–H and O–H groups in total. The van der Waals surface area contributed by atoms with E-state index in [0.29, 0.717) is 28.2 Å². The number of rotatable bonds is 1. The fraction of sp³-hybridized carbons (Fsp3) is 0.182. The summed E-state index contributed by atoms with van der Waals surface area (Å²) in [4.78, 5) is 0. The van der Waals surface area contributed by atoms with Gasteiger partial charge in [0.25, 0.3) is 0 Å². The Balaban J connectivity index is 3.00. The molecule has 0 saturated heterocycles. The molecular weight excluding hydrogens is 215 g/mol. The van der Waals surface area contributed by atoms with Gasteiger partial charge in [-0.2, -0.15) is 5.26 Å². The maximum atomic E-state index is 13.6. The Morgan fingerprint density at radius 2 is 2.27 bits per heavy atom. The zero-order valence-electron chi connectivity index (χ0n) is 8.09. The topological polar surface area (TPSA) is 28.7 Å². The average Bonchev–Trinajstić information content (AvgIpc) is 2.51. The van der Waals surface area contributed by atoms with Crippen LogP contribution in [0.5, 0.6) is 0 Å². The fourth-order valence-electron chi connectivity index (χ4n) is 1.74. The van der Waals surface area contributed by atoms with Crippen LogP contribution in [0.1, 0.15) is 12.5 Å². The first-order valence-corrected chi connectivity index (χ1v) is 4.94. The Hall–Kier alpha value is -1.53. The van der Waals surface area contributed by atoms with Crippen LogP contribution in [0.3, 0.4) is 0 Å². The summed E-state index contributed by atoms with van der Waals surface area (Å²) in [5.41, 5.74) is 0.745. The van der Waals surface area contributed by atoms with Crippen LogP contribution in [0, 0.1) is 17.1 Å². The molecule has 0 aliphatic carbocycles. The van der Waals surface area contributed by atoms with Crippen molar-refractivity contribution in [3.05, 3.63) is 34.7 Å².